The van der Waals surface area contributed by atoms with Crippen LogP contribution in [0.25, 0.3) is 16.6 Å². The molecule has 4 aromatic rings. The van der Waals surface area contributed by atoms with Crippen LogP contribution in [-0.4, -0.2) is 43.5 Å². The molecule has 0 unspecified atom stereocenters. The molecule has 0 saturated carbocycles. The Hall–Kier alpha value is -3.36. The Morgan fingerprint density at radius 2 is 1.84 bits per heavy atom. The largest absolute Gasteiger partial charge is 0.433 e. The Balaban J connectivity index is 1.36. The minimum atomic E-state index is -4.53. The molecule has 1 aliphatic heterocycles. The number of halogens is 3. The number of aromatic nitrogens is 4. The van der Waals surface area contributed by atoms with Crippen LogP contribution in [0.5, 0.6) is 0 Å². The Kier molecular flexibility index (Phi) is 4.72. The van der Waals surface area contributed by atoms with Crippen LogP contribution in [0.15, 0.2) is 36.4 Å². The van der Waals surface area contributed by atoms with Gasteiger partial charge in [0.25, 0.3) is 5.91 Å². The normalized spacial score (nSPS) is 15.7. The van der Waals surface area contributed by atoms with Gasteiger partial charge in [-0.05, 0) is 50.5 Å². The quantitative estimate of drug-likeness (QED) is 0.483. The van der Waals surface area contributed by atoms with Crippen molar-refractivity contribution in [1.29, 1.82) is 0 Å². The summed E-state index contributed by atoms with van der Waals surface area (Å²) in [5.74, 6) is -0.242. The van der Waals surface area contributed by atoms with Crippen LogP contribution in [0.2, 0.25) is 0 Å². The number of amides is 1. The minimum Gasteiger partial charge on any atom is -0.351 e. The van der Waals surface area contributed by atoms with E-state index in [0.717, 1.165) is 27.0 Å². The molecule has 1 fully saturated rings. The van der Waals surface area contributed by atoms with E-state index in [2.05, 4.69) is 15.1 Å². The molecule has 166 valence electrons. The molecule has 32 heavy (non-hydrogen) atoms. The van der Waals surface area contributed by atoms with Crippen molar-refractivity contribution in [3.05, 3.63) is 64.7 Å². The number of hydrogen-bond donors (Lipinski definition) is 1. The first-order valence-electron chi connectivity index (χ1n) is 10.5. The molecule has 4 heterocycles. The summed E-state index contributed by atoms with van der Waals surface area (Å²) in [5.41, 5.74) is 2.80. The fraction of sp³-hybridized carbons (Fsp3) is 0.348. The van der Waals surface area contributed by atoms with Crippen molar-refractivity contribution in [3.8, 4) is 0 Å². The second-order valence-corrected chi connectivity index (χ2v) is 8.46. The lowest BCUT2D eigenvalue weighted by atomic mass is 9.92. The van der Waals surface area contributed by atoms with E-state index in [1.54, 1.807) is 17.9 Å². The molecular weight excluding hydrogens is 419 g/mol. The van der Waals surface area contributed by atoms with Gasteiger partial charge in [0.1, 0.15) is 11.4 Å². The van der Waals surface area contributed by atoms with E-state index in [4.69, 9.17) is 0 Å². The minimum absolute atomic E-state index is 0.0943. The lowest BCUT2D eigenvalue weighted by Gasteiger charge is -2.31. The van der Waals surface area contributed by atoms with Crippen molar-refractivity contribution in [3.63, 3.8) is 0 Å². The number of H-pyrrole nitrogens is 1. The molecule has 1 aliphatic rings. The molecule has 1 saturated heterocycles. The predicted molar refractivity (Wildman–Crippen MR) is 114 cm³/mol. The zero-order valence-corrected chi connectivity index (χ0v) is 17.7. The van der Waals surface area contributed by atoms with Crippen molar-refractivity contribution in [1.82, 2.24) is 24.5 Å². The number of nitrogens with one attached hydrogen (secondary N) is 1. The molecule has 1 N–H and O–H groups in total. The van der Waals surface area contributed by atoms with Gasteiger partial charge < -0.3 is 9.88 Å². The number of likely N-dealkylation sites (tertiary alicyclic amines) is 1. The first-order valence-corrected chi connectivity index (χ1v) is 10.5. The predicted octanol–water partition coefficient (Wildman–Crippen LogP) is 4.87. The molecular formula is C23H22F3N5O. The van der Waals surface area contributed by atoms with E-state index in [9.17, 15) is 18.0 Å². The molecule has 9 heteroatoms. The lowest BCUT2D eigenvalue weighted by molar-refractivity contribution is -0.142. The van der Waals surface area contributed by atoms with Gasteiger partial charge in [0.2, 0.25) is 0 Å². The van der Waals surface area contributed by atoms with Gasteiger partial charge in [0.15, 0.2) is 5.65 Å². The number of aromatic amines is 1. The number of nitrogens with zero attached hydrogens (tertiary/aromatic N) is 4. The van der Waals surface area contributed by atoms with Crippen molar-refractivity contribution in [2.45, 2.75) is 38.8 Å². The highest BCUT2D eigenvalue weighted by atomic mass is 19.4. The van der Waals surface area contributed by atoms with Crippen LogP contribution in [0.3, 0.4) is 0 Å². The van der Waals surface area contributed by atoms with Gasteiger partial charge in [0.05, 0.1) is 5.69 Å². The Bertz CT molecular complexity index is 1330. The van der Waals surface area contributed by atoms with Crippen molar-refractivity contribution in [2.75, 3.05) is 13.1 Å². The van der Waals surface area contributed by atoms with Crippen LogP contribution in [0.4, 0.5) is 13.2 Å². The van der Waals surface area contributed by atoms with E-state index in [-0.39, 0.29) is 17.5 Å². The Labute approximate surface area is 182 Å². The van der Waals surface area contributed by atoms with Crippen molar-refractivity contribution in [2.24, 2.45) is 0 Å². The number of fused-ring (bicyclic) bond motifs is 2. The first-order chi connectivity index (χ1) is 15.2. The first kappa shape index (κ1) is 20.5. The third-order valence-corrected chi connectivity index (χ3v) is 6.07. The van der Waals surface area contributed by atoms with Crippen LogP contribution in [-0.2, 0) is 6.18 Å². The van der Waals surface area contributed by atoms with Gasteiger partial charge in [-0.15, -0.1) is 0 Å². The summed E-state index contributed by atoms with van der Waals surface area (Å²) >= 11 is 0. The molecule has 1 amide bonds. The number of benzene rings is 1. The lowest BCUT2D eigenvalue weighted by Crippen LogP contribution is -2.38. The molecule has 6 nitrogen and oxygen atoms in total. The summed E-state index contributed by atoms with van der Waals surface area (Å²) in [5, 5.41) is 4.91. The number of rotatable bonds is 2. The average Bonchev–Trinajstić information content (AvgIpc) is 3.33. The number of alkyl halides is 3. The molecule has 0 spiro atoms. The number of carbonyl (C=O) groups excluding carboxylic acids is 1. The standard InChI is InChI=1S/C23H22F3N5O/c1-13-3-4-16-11-19(27-17(16)9-13)22(32)30-7-5-15(6-8-30)18-12-20(23(24,25)26)31-21(28-18)10-14(2)29-31/h3-4,9-12,15,27H,5-8H2,1-2H3. The number of aryl methyl sites for hydroxylation is 2. The fourth-order valence-corrected chi connectivity index (χ4v) is 4.42. The van der Waals surface area contributed by atoms with Crippen LogP contribution < -0.4 is 0 Å². The van der Waals surface area contributed by atoms with Crippen LogP contribution >= 0.6 is 0 Å². The highest BCUT2D eigenvalue weighted by molar-refractivity contribution is 5.98. The number of piperidine rings is 1. The van der Waals surface area contributed by atoms with Gasteiger partial charge in [-0.1, -0.05) is 12.1 Å². The summed E-state index contributed by atoms with van der Waals surface area (Å²) in [6.07, 6.45) is -3.42. The van der Waals surface area contributed by atoms with Gasteiger partial charge >= 0.3 is 6.18 Å². The SMILES string of the molecule is Cc1ccc2cc(C(=O)N3CCC(c4cc(C(F)(F)F)n5nc(C)cc5n4)CC3)[nH]c2c1. The Morgan fingerprint density at radius 3 is 2.56 bits per heavy atom. The summed E-state index contributed by atoms with van der Waals surface area (Å²) < 4.78 is 41.6. The molecule has 0 radical (unpaired) electrons. The number of carbonyl (C=O) groups is 1. The summed E-state index contributed by atoms with van der Waals surface area (Å²) in [6, 6.07) is 10.5. The van der Waals surface area contributed by atoms with E-state index in [0.29, 0.717) is 43.0 Å². The summed E-state index contributed by atoms with van der Waals surface area (Å²) in [4.78, 5) is 22.4. The molecule has 5 rings (SSSR count). The summed E-state index contributed by atoms with van der Waals surface area (Å²) in [6.45, 7) is 4.56. The second-order valence-electron chi connectivity index (χ2n) is 8.46. The second kappa shape index (κ2) is 7.36. The van der Waals surface area contributed by atoms with E-state index in [1.165, 1.54) is 0 Å². The van der Waals surface area contributed by atoms with Crippen molar-refractivity contribution < 1.29 is 18.0 Å². The maximum absolute atomic E-state index is 13.6. The van der Waals surface area contributed by atoms with Crippen molar-refractivity contribution >= 4 is 22.5 Å². The van der Waals surface area contributed by atoms with Crippen LogP contribution in [0, 0.1) is 13.8 Å². The average molecular weight is 441 g/mol. The van der Waals surface area contributed by atoms with Gasteiger partial charge in [0, 0.05) is 41.7 Å². The topological polar surface area (TPSA) is 66.3 Å². The molecule has 0 aliphatic carbocycles. The van der Waals surface area contributed by atoms with E-state index in [1.807, 2.05) is 31.2 Å². The fourth-order valence-electron chi connectivity index (χ4n) is 4.42. The molecule has 0 bridgehead atoms. The molecule has 3 aromatic heterocycles. The van der Waals surface area contributed by atoms with Gasteiger partial charge in [-0.3, -0.25) is 4.79 Å². The van der Waals surface area contributed by atoms with E-state index >= 15 is 0 Å². The Morgan fingerprint density at radius 1 is 1.09 bits per heavy atom. The maximum Gasteiger partial charge on any atom is 0.433 e. The maximum atomic E-state index is 13.6. The third kappa shape index (κ3) is 3.61. The summed E-state index contributed by atoms with van der Waals surface area (Å²) in [7, 11) is 0. The van der Waals surface area contributed by atoms with Gasteiger partial charge in [-0.25, -0.2) is 9.50 Å². The highest BCUT2D eigenvalue weighted by Crippen LogP contribution is 2.34. The smallest absolute Gasteiger partial charge is 0.351 e. The highest BCUT2D eigenvalue weighted by Gasteiger charge is 2.36. The third-order valence-electron chi connectivity index (χ3n) is 6.07. The van der Waals surface area contributed by atoms with Crippen LogP contribution in [0.1, 0.15) is 51.9 Å². The molecule has 0 atom stereocenters. The van der Waals surface area contributed by atoms with Gasteiger partial charge in [-0.2, -0.15) is 18.3 Å². The molecule has 1 aromatic carbocycles. The van der Waals surface area contributed by atoms with E-state index < -0.39 is 11.9 Å². The number of hydrogen-bond acceptors (Lipinski definition) is 3. The monoisotopic (exact) mass is 441 g/mol. The zero-order chi connectivity index (χ0) is 22.6. The zero-order valence-electron chi connectivity index (χ0n) is 17.7.